The predicted octanol–water partition coefficient (Wildman–Crippen LogP) is 2.04. The van der Waals surface area contributed by atoms with Crippen molar-refractivity contribution in [2.75, 3.05) is 20.8 Å². The number of aryl methyl sites for hydroxylation is 1. The fourth-order valence-electron chi connectivity index (χ4n) is 2.42. The first kappa shape index (κ1) is 17.7. The quantitative estimate of drug-likeness (QED) is 0.813. The Morgan fingerprint density at radius 3 is 2.75 bits per heavy atom. The summed E-state index contributed by atoms with van der Waals surface area (Å²) in [6.07, 6.45) is 4.47. The van der Waals surface area contributed by atoms with E-state index in [0.29, 0.717) is 18.0 Å². The monoisotopic (exact) mass is 332 g/mol. The normalized spacial score (nSPS) is 11.7. The van der Waals surface area contributed by atoms with Crippen LogP contribution in [0.15, 0.2) is 30.6 Å². The third-order valence-electron chi connectivity index (χ3n) is 3.71. The van der Waals surface area contributed by atoms with Gasteiger partial charge in [-0.05, 0) is 31.0 Å². The Bertz CT molecular complexity index is 684. The molecule has 0 saturated carbocycles. The second kappa shape index (κ2) is 8.24. The molecule has 0 fully saturated rings. The molecule has 0 radical (unpaired) electrons. The third kappa shape index (κ3) is 4.65. The molecule has 2 N–H and O–H groups in total. The van der Waals surface area contributed by atoms with E-state index >= 15 is 0 Å². The van der Waals surface area contributed by atoms with Crippen LogP contribution in [0.2, 0.25) is 0 Å². The average Bonchev–Trinajstić information content (AvgIpc) is 2.99. The Morgan fingerprint density at radius 2 is 2.12 bits per heavy atom. The summed E-state index contributed by atoms with van der Waals surface area (Å²) in [4.78, 5) is 12.0. The number of rotatable bonds is 7. The second-order valence-electron chi connectivity index (χ2n) is 5.50. The van der Waals surface area contributed by atoms with Gasteiger partial charge in [0, 0.05) is 31.4 Å². The largest absolute Gasteiger partial charge is 0.497 e. The van der Waals surface area contributed by atoms with E-state index in [-0.39, 0.29) is 12.1 Å². The van der Waals surface area contributed by atoms with Gasteiger partial charge in [-0.15, -0.1) is 0 Å². The van der Waals surface area contributed by atoms with Crippen molar-refractivity contribution in [2.45, 2.75) is 19.4 Å². The van der Waals surface area contributed by atoms with E-state index in [1.54, 1.807) is 31.2 Å². The van der Waals surface area contributed by atoms with Crippen molar-refractivity contribution < 1.29 is 14.3 Å². The Balaban J connectivity index is 1.86. The molecule has 2 aromatic rings. The standard InChI is InChI=1S/C17H24N4O3/c1-12(15-6-5-14(23-3)9-16(15)24-4)20-17(22)18-8-7-13-10-19-21(2)11-13/h5-6,9-12H,7-8H2,1-4H3,(H2,18,20,22)/t12-/m1/s1. The zero-order valence-corrected chi connectivity index (χ0v) is 14.5. The van der Waals surface area contributed by atoms with Crippen molar-refractivity contribution in [3.63, 3.8) is 0 Å². The fourth-order valence-corrected chi connectivity index (χ4v) is 2.42. The maximum absolute atomic E-state index is 12.0. The molecule has 130 valence electrons. The number of hydrogen-bond donors (Lipinski definition) is 2. The number of carbonyl (C=O) groups is 1. The molecule has 0 unspecified atom stereocenters. The molecule has 1 aromatic heterocycles. The summed E-state index contributed by atoms with van der Waals surface area (Å²) in [6, 6.07) is 5.12. The van der Waals surface area contributed by atoms with Gasteiger partial charge in [-0.1, -0.05) is 0 Å². The first-order valence-corrected chi connectivity index (χ1v) is 7.77. The highest BCUT2D eigenvalue weighted by Gasteiger charge is 2.14. The summed E-state index contributed by atoms with van der Waals surface area (Å²) in [5, 5.41) is 9.86. The van der Waals surface area contributed by atoms with Crippen molar-refractivity contribution in [3.05, 3.63) is 41.7 Å². The first-order valence-electron chi connectivity index (χ1n) is 7.77. The number of methoxy groups -OCH3 is 2. The lowest BCUT2D eigenvalue weighted by Crippen LogP contribution is -2.38. The number of carbonyl (C=O) groups excluding carboxylic acids is 1. The molecular weight excluding hydrogens is 308 g/mol. The SMILES string of the molecule is COc1ccc([C@@H](C)NC(=O)NCCc2cnn(C)c2)c(OC)c1. The highest BCUT2D eigenvalue weighted by atomic mass is 16.5. The van der Waals surface area contributed by atoms with Crippen LogP contribution in [0.4, 0.5) is 4.79 Å². The van der Waals surface area contributed by atoms with Crippen LogP contribution >= 0.6 is 0 Å². The third-order valence-corrected chi connectivity index (χ3v) is 3.71. The summed E-state index contributed by atoms with van der Waals surface area (Å²) < 4.78 is 12.3. The minimum atomic E-state index is -0.218. The van der Waals surface area contributed by atoms with E-state index in [1.165, 1.54) is 0 Å². The maximum atomic E-state index is 12.0. The number of benzene rings is 1. The Hall–Kier alpha value is -2.70. The van der Waals surface area contributed by atoms with Crippen molar-refractivity contribution in [1.29, 1.82) is 0 Å². The topological polar surface area (TPSA) is 77.4 Å². The highest BCUT2D eigenvalue weighted by Crippen LogP contribution is 2.29. The van der Waals surface area contributed by atoms with Gasteiger partial charge in [0.25, 0.3) is 0 Å². The van der Waals surface area contributed by atoms with Crippen LogP contribution in [-0.2, 0) is 13.5 Å². The van der Waals surface area contributed by atoms with E-state index in [9.17, 15) is 4.79 Å². The van der Waals surface area contributed by atoms with Crippen LogP contribution in [0.3, 0.4) is 0 Å². The Labute approximate surface area is 142 Å². The van der Waals surface area contributed by atoms with Crippen molar-refractivity contribution in [1.82, 2.24) is 20.4 Å². The summed E-state index contributed by atoms with van der Waals surface area (Å²) >= 11 is 0. The van der Waals surface area contributed by atoms with Gasteiger partial charge in [-0.2, -0.15) is 5.10 Å². The average molecular weight is 332 g/mol. The highest BCUT2D eigenvalue weighted by molar-refractivity contribution is 5.74. The maximum Gasteiger partial charge on any atom is 0.315 e. The molecule has 1 atom stereocenters. The Morgan fingerprint density at radius 1 is 1.33 bits per heavy atom. The number of amides is 2. The zero-order chi connectivity index (χ0) is 17.5. The number of nitrogens with zero attached hydrogens (tertiary/aromatic N) is 2. The van der Waals surface area contributed by atoms with E-state index in [4.69, 9.17) is 9.47 Å². The molecule has 0 spiro atoms. The van der Waals surface area contributed by atoms with Crippen LogP contribution in [0.5, 0.6) is 11.5 Å². The lowest BCUT2D eigenvalue weighted by atomic mass is 10.1. The van der Waals surface area contributed by atoms with E-state index in [0.717, 1.165) is 17.5 Å². The van der Waals surface area contributed by atoms with E-state index < -0.39 is 0 Å². The van der Waals surface area contributed by atoms with Gasteiger partial charge in [-0.3, -0.25) is 4.68 Å². The molecule has 0 saturated heterocycles. The molecule has 0 aliphatic heterocycles. The van der Waals surface area contributed by atoms with Gasteiger partial charge in [0.2, 0.25) is 0 Å². The van der Waals surface area contributed by atoms with E-state index in [2.05, 4.69) is 15.7 Å². The lowest BCUT2D eigenvalue weighted by molar-refractivity contribution is 0.238. The van der Waals surface area contributed by atoms with Gasteiger partial charge in [0.1, 0.15) is 11.5 Å². The van der Waals surface area contributed by atoms with Gasteiger partial charge < -0.3 is 20.1 Å². The predicted molar refractivity (Wildman–Crippen MR) is 91.4 cm³/mol. The number of ether oxygens (including phenoxy) is 2. The van der Waals surface area contributed by atoms with Crippen LogP contribution in [0.1, 0.15) is 24.1 Å². The molecule has 1 heterocycles. The summed E-state index contributed by atoms with van der Waals surface area (Å²) in [5.41, 5.74) is 1.98. The lowest BCUT2D eigenvalue weighted by Gasteiger charge is -2.18. The van der Waals surface area contributed by atoms with Crippen molar-refractivity contribution >= 4 is 6.03 Å². The molecule has 24 heavy (non-hydrogen) atoms. The smallest absolute Gasteiger partial charge is 0.315 e. The Kier molecular flexibility index (Phi) is 6.06. The fraction of sp³-hybridized carbons (Fsp3) is 0.412. The summed E-state index contributed by atoms with van der Waals surface area (Å²) in [6.45, 7) is 2.45. The van der Waals surface area contributed by atoms with Gasteiger partial charge >= 0.3 is 6.03 Å². The number of aromatic nitrogens is 2. The van der Waals surface area contributed by atoms with Crippen molar-refractivity contribution in [2.24, 2.45) is 7.05 Å². The molecular formula is C17H24N4O3. The molecule has 7 nitrogen and oxygen atoms in total. The number of urea groups is 1. The van der Waals surface area contributed by atoms with Crippen LogP contribution in [-0.4, -0.2) is 36.6 Å². The molecule has 2 amide bonds. The number of hydrogen-bond acceptors (Lipinski definition) is 4. The number of nitrogens with one attached hydrogen (secondary N) is 2. The second-order valence-corrected chi connectivity index (χ2v) is 5.50. The summed E-state index contributed by atoms with van der Waals surface area (Å²) in [7, 11) is 5.07. The minimum Gasteiger partial charge on any atom is -0.497 e. The molecule has 7 heteroatoms. The first-order chi connectivity index (χ1) is 11.5. The minimum absolute atomic E-state index is 0.191. The van der Waals surface area contributed by atoms with Gasteiger partial charge in [-0.25, -0.2) is 4.79 Å². The van der Waals surface area contributed by atoms with Gasteiger partial charge in [0.05, 0.1) is 26.5 Å². The molecule has 1 aromatic carbocycles. The van der Waals surface area contributed by atoms with Crippen molar-refractivity contribution in [3.8, 4) is 11.5 Å². The zero-order valence-electron chi connectivity index (χ0n) is 14.5. The van der Waals surface area contributed by atoms with Crippen LogP contribution in [0.25, 0.3) is 0 Å². The van der Waals surface area contributed by atoms with Crippen LogP contribution in [0, 0.1) is 0 Å². The molecule has 0 aliphatic rings. The molecule has 0 aliphatic carbocycles. The molecule has 0 bridgehead atoms. The molecule has 2 rings (SSSR count). The summed E-state index contributed by atoms with van der Waals surface area (Å²) in [5.74, 6) is 1.39. The van der Waals surface area contributed by atoms with E-state index in [1.807, 2.05) is 32.3 Å². The van der Waals surface area contributed by atoms with Gasteiger partial charge in [0.15, 0.2) is 0 Å². The van der Waals surface area contributed by atoms with Crippen LogP contribution < -0.4 is 20.1 Å².